The Morgan fingerprint density at radius 1 is 1.31 bits per heavy atom. The maximum Gasteiger partial charge on any atom is 0.319 e. The van der Waals surface area contributed by atoms with Crippen LogP contribution in [-0.2, 0) is 0 Å². The van der Waals surface area contributed by atoms with Crippen molar-refractivity contribution in [2.45, 2.75) is 32.2 Å². The van der Waals surface area contributed by atoms with Gasteiger partial charge < -0.3 is 21.1 Å². The number of likely N-dealkylation sites (tertiary alicyclic amines) is 1. The van der Waals surface area contributed by atoms with Crippen molar-refractivity contribution in [3.63, 3.8) is 0 Å². The van der Waals surface area contributed by atoms with Crippen LogP contribution in [0.4, 0.5) is 10.5 Å². The predicted molar refractivity (Wildman–Crippen MR) is 103 cm³/mol. The quantitative estimate of drug-likeness (QED) is 0.580. The highest BCUT2D eigenvalue weighted by molar-refractivity contribution is 6.34. The Hall–Kier alpha value is -1.83. The van der Waals surface area contributed by atoms with Gasteiger partial charge in [0.05, 0.1) is 17.2 Å². The molecular formula is C18H27ClN4O3. The molecule has 1 aromatic rings. The van der Waals surface area contributed by atoms with Crippen LogP contribution in [0.1, 0.15) is 36.5 Å². The van der Waals surface area contributed by atoms with E-state index in [-0.39, 0.29) is 24.6 Å². The molecule has 3 amide bonds. The Bertz CT molecular complexity index is 626. The number of carbonyl (C=O) groups excluding carboxylic acids is 2. The zero-order chi connectivity index (χ0) is 18.9. The minimum absolute atomic E-state index is 0.152. The Morgan fingerprint density at radius 3 is 2.85 bits per heavy atom. The minimum atomic E-state index is -0.341. The largest absolute Gasteiger partial charge is 0.395 e. The van der Waals surface area contributed by atoms with Crippen molar-refractivity contribution in [3.8, 4) is 0 Å². The molecule has 1 atom stereocenters. The van der Waals surface area contributed by atoms with E-state index in [2.05, 4.69) is 20.9 Å². The van der Waals surface area contributed by atoms with Crippen LogP contribution in [0.2, 0.25) is 5.02 Å². The number of urea groups is 1. The van der Waals surface area contributed by atoms with E-state index in [1.165, 1.54) is 0 Å². The topological polar surface area (TPSA) is 93.7 Å². The first kappa shape index (κ1) is 20.5. The molecule has 4 N–H and O–H groups in total. The number of amides is 3. The van der Waals surface area contributed by atoms with Gasteiger partial charge in [-0.15, -0.1) is 0 Å². The summed E-state index contributed by atoms with van der Waals surface area (Å²) in [6.07, 6.45) is 3.26. The number of rotatable bonds is 7. The van der Waals surface area contributed by atoms with Gasteiger partial charge in [-0.3, -0.25) is 9.69 Å². The summed E-state index contributed by atoms with van der Waals surface area (Å²) in [6.45, 7) is 4.60. The second-order valence-electron chi connectivity index (χ2n) is 6.30. The van der Waals surface area contributed by atoms with E-state index in [1.807, 2.05) is 6.92 Å². The maximum absolute atomic E-state index is 12.1. The molecule has 26 heavy (non-hydrogen) atoms. The van der Waals surface area contributed by atoms with E-state index in [1.54, 1.807) is 18.2 Å². The Kier molecular flexibility index (Phi) is 8.15. The highest BCUT2D eigenvalue weighted by atomic mass is 35.5. The van der Waals surface area contributed by atoms with Crippen molar-refractivity contribution >= 4 is 29.2 Å². The van der Waals surface area contributed by atoms with E-state index >= 15 is 0 Å². The van der Waals surface area contributed by atoms with Crippen molar-refractivity contribution in [1.29, 1.82) is 0 Å². The van der Waals surface area contributed by atoms with E-state index in [0.717, 1.165) is 25.8 Å². The van der Waals surface area contributed by atoms with Gasteiger partial charge in [-0.2, -0.15) is 0 Å². The molecule has 1 aliphatic rings. The number of nitrogens with one attached hydrogen (secondary N) is 3. The Labute approximate surface area is 159 Å². The fraction of sp³-hybridized carbons (Fsp3) is 0.556. The van der Waals surface area contributed by atoms with Gasteiger partial charge in [0.25, 0.3) is 5.91 Å². The summed E-state index contributed by atoms with van der Waals surface area (Å²) in [6, 6.07) is 4.63. The fourth-order valence-corrected chi connectivity index (χ4v) is 3.29. The van der Waals surface area contributed by atoms with Gasteiger partial charge in [0, 0.05) is 31.4 Å². The summed E-state index contributed by atoms with van der Waals surface area (Å²) < 4.78 is 0. The standard InChI is InChI=1S/C18H27ClN4O3/c1-2-20-17(25)15-11-13(6-7-16(15)19)22-18(26)21-8-10-23-9-4-3-5-14(23)12-24/h6-7,11,14,24H,2-5,8-10,12H2,1H3,(H,20,25)(H2,21,22,26)/t14-/m1/s1. The van der Waals surface area contributed by atoms with Crippen molar-refractivity contribution in [1.82, 2.24) is 15.5 Å². The maximum atomic E-state index is 12.1. The number of halogens is 1. The predicted octanol–water partition coefficient (Wildman–Crippen LogP) is 2.06. The van der Waals surface area contributed by atoms with Gasteiger partial charge in [0.15, 0.2) is 0 Å². The van der Waals surface area contributed by atoms with E-state index in [0.29, 0.717) is 35.9 Å². The highest BCUT2D eigenvalue weighted by Crippen LogP contribution is 2.20. The average Bonchev–Trinajstić information content (AvgIpc) is 2.64. The van der Waals surface area contributed by atoms with Gasteiger partial charge in [-0.05, 0) is 44.5 Å². The van der Waals surface area contributed by atoms with Crippen molar-refractivity contribution in [2.24, 2.45) is 0 Å². The number of aliphatic hydroxyl groups excluding tert-OH is 1. The lowest BCUT2D eigenvalue weighted by Crippen LogP contribution is -2.46. The molecule has 7 nitrogen and oxygen atoms in total. The summed E-state index contributed by atoms with van der Waals surface area (Å²) in [5.74, 6) is -0.276. The molecule has 8 heteroatoms. The molecule has 2 rings (SSSR count). The third-order valence-electron chi connectivity index (χ3n) is 4.45. The van der Waals surface area contributed by atoms with Crippen LogP contribution in [0.25, 0.3) is 0 Å². The number of nitrogens with zero attached hydrogens (tertiary/aromatic N) is 1. The third-order valence-corrected chi connectivity index (χ3v) is 4.78. The molecule has 1 fully saturated rings. The monoisotopic (exact) mass is 382 g/mol. The second-order valence-corrected chi connectivity index (χ2v) is 6.71. The molecule has 1 aliphatic heterocycles. The zero-order valence-corrected chi connectivity index (χ0v) is 15.8. The van der Waals surface area contributed by atoms with E-state index in [4.69, 9.17) is 11.6 Å². The molecule has 0 spiro atoms. The highest BCUT2D eigenvalue weighted by Gasteiger charge is 2.21. The number of anilines is 1. The van der Waals surface area contributed by atoms with Gasteiger partial charge in [0.1, 0.15) is 0 Å². The smallest absolute Gasteiger partial charge is 0.319 e. The van der Waals surface area contributed by atoms with Gasteiger partial charge in [-0.1, -0.05) is 18.0 Å². The SMILES string of the molecule is CCNC(=O)c1cc(NC(=O)NCCN2CCCC[C@@H]2CO)ccc1Cl. The van der Waals surface area contributed by atoms with Crippen LogP contribution < -0.4 is 16.0 Å². The molecule has 1 aromatic carbocycles. The Balaban J connectivity index is 1.84. The summed E-state index contributed by atoms with van der Waals surface area (Å²) >= 11 is 6.05. The second kappa shape index (κ2) is 10.4. The van der Waals surface area contributed by atoms with Crippen LogP contribution in [-0.4, -0.2) is 60.8 Å². The lowest BCUT2D eigenvalue weighted by Gasteiger charge is -2.34. The molecule has 144 valence electrons. The number of hydrogen-bond acceptors (Lipinski definition) is 4. The summed E-state index contributed by atoms with van der Waals surface area (Å²) in [4.78, 5) is 26.2. The number of hydrogen-bond donors (Lipinski definition) is 4. The van der Waals surface area contributed by atoms with Crippen LogP contribution in [0.5, 0.6) is 0 Å². The van der Waals surface area contributed by atoms with Crippen LogP contribution in [0, 0.1) is 0 Å². The van der Waals surface area contributed by atoms with Crippen molar-refractivity contribution in [2.75, 3.05) is 38.1 Å². The lowest BCUT2D eigenvalue weighted by molar-refractivity contribution is 0.0917. The van der Waals surface area contributed by atoms with Crippen LogP contribution in [0.15, 0.2) is 18.2 Å². The van der Waals surface area contributed by atoms with Gasteiger partial charge >= 0.3 is 6.03 Å². The average molecular weight is 383 g/mol. The normalized spacial score (nSPS) is 17.6. The molecule has 0 aliphatic carbocycles. The first-order valence-electron chi connectivity index (χ1n) is 9.02. The summed E-state index contributed by atoms with van der Waals surface area (Å²) in [7, 11) is 0. The Morgan fingerprint density at radius 2 is 2.12 bits per heavy atom. The van der Waals surface area contributed by atoms with E-state index in [9.17, 15) is 14.7 Å². The van der Waals surface area contributed by atoms with Crippen molar-refractivity contribution < 1.29 is 14.7 Å². The molecule has 0 unspecified atom stereocenters. The van der Waals surface area contributed by atoms with Crippen LogP contribution in [0.3, 0.4) is 0 Å². The van der Waals surface area contributed by atoms with Gasteiger partial charge in [0.2, 0.25) is 0 Å². The summed E-state index contributed by atoms with van der Waals surface area (Å²) in [5.41, 5.74) is 0.824. The number of carbonyl (C=O) groups is 2. The molecule has 1 heterocycles. The number of aliphatic hydroxyl groups is 1. The minimum Gasteiger partial charge on any atom is -0.395 e. The summed E-state index contributed by atoms with van der Waals surface area (Å²) in [5, 5.41) is 17.9. The first-order chi connectivity index (χ1) is 12.5. The molecule has 0 aromatic heterocycles. The molecule has 1 saturated heterocycles. The van der Waals surface area contributed by atoms with Gasteiger partial charge in [-0.25, -0.2) is 4.79 Å². The molecule has 0 bridgehead atoms. The number of benzene rings is 1. The van der Waals surface area contributed by atoms with Crippen LogP contribution >= 0.6 is 11.6 Å². The zero-order valence-electron chi connectivity index (χ0n) is 15.1. The van der Waals surface area contributed by atoms with Crippen molar-refractivity contribution in [3.05, 3.63) is 28.8 Å². The molecular weight excluding hydrogens is 356 g/mol. The molecule has 0 saturated carbocycles. The van der Waals surface area contributed by atoms with E-state index < -0.39 is 0 Å². The first-order valence-corrected chi connectivity index (χ1v) is 9.40. The lowest BCUT2D eigenvalue weighted by atomic mass is 10.0. The molecule has 0 radical (unpaired) electrons. The third kappa shape index (κ3) is 5.86. The fourth-order valence-electron chi connectivity index (χ4n) is 3.08. The number of piperidine rings is 1.